The van der Waals surface area contributed by atoms with Crippen molar-refractivity contribution in [3.8, 4) is 6.07 Å². The molecule has 0 unspecified atom stereocenters. The highest BCUT2D eigenvalue weighted by atomic mass is 32.2. The number of ether oxygens (including phenoxy) is 1. The molecular formula is C39H58N4O4S2. The standard InChI is InChI=1S/C31H36N4O4S2.C4H10.2C2H6/c1-39-31(38)28(14-17-40-2)34-29(36)20-35(19-26-8-5-7-25-6-3-4-9-27(25)26)16-15-33-30(37)22-41-21-24-12-10-23(18-32)11-13-24;1-3-4-2;2*1-2/h3-13,28H,14-17,19-22H2,1-2H3,(H,33,37)(H,34,36);3-4H2,1-2H3;2*1-2H3/t28-;;;/m0.../s1. The summed E-state index contributed by atoms with van der Waals surface area (Å²) in [5.41, 5.74) is 2.74. The van der Waals surface area contributed by atoms with Gasteiger partial charge in [0.1, 0.15) is 6.04 Å². The molecule has 8 nitrogen and oxygen atoms in total. The molecule has 0 radical (unpaired) electrons. The maximum atomic E-state index is 13.0. The van der Waals surface area contributed by atoms with Crippen LogP contribution in [0.15, 0.2) is 66.7 Å². The first kappa shape index (κ1) is 45.5. The van der Waals surface area contributed by atoms with Crippen LogP contribution in [0.5, 0.6) is 0 Å². The van der Waals surface area contributed by atoms with E-state index in [4.69, 9.17) is 10.00 Å². The molecule has 270 valence electrons. The number of unbranched alkanes of at least 4 members (excludes halogenated alkanes) is 1. The summed E-state index contributed by atoms with van der Waals surface area (Å²) in [4.78, 5) is 39.7. The molecule has 0 heterocycles. The second kappa shape index (κ2) is 29.4. The summed E-state index contributed by atoms with van der Waals surface area (Å²) in [6, 6.07) is 22.9. The number of carbonyl (C=O) groups excluding carboxylic acids is 3. The van der Waals surface area contributed by atoms with Crippen LogP contribution >= 0.6 is 23.5 Å². The molecule has 10 heteroatoms. The normalized spacial score (nSPS) is 10.5. The molecule has 3 aromatic carbocycles. The Balaban J connectivity index is 0.00000263. The second-order valence-electron chi connectivity index (χ2n) is 10.4. The van der Waals surface area contributed by atoms with Crippen LogP contribution in [0.4, 0.5) is 0 Å². The van der Waals surface area contributed by atoms with Crippen molar-refractivity contribution in [2.45, 2.75) is 79.1 Å². The third-order valence-corrected chi connectivity index (χ3v) is 8.56. The lowest BCUT2D eigenvalue weighted by molar-refractivity contribution is -0.145. The molecule has 0 aliphatic rings. The molecule has 1 atom stereocenters. The molecule has 0 spiro atoms. The molecule has 49 heavy (non-hydrogen) atoms. The van der Waals surface area contributed by atoms with Crippen LogP contribution in [0.1, 0.15) is 77.5 Å². The SMILES string of the molecule is CC.CC.CCCC.COC(=O)[C@H](CCSC)NC(=O)CN(CCNC(=O)CSCc1ccc(C#N)cc1)Cc1cccc2ccccc12. The van der Waals surface area contributed by atoms with E-state index in [1.54, 1.807) is 23.9 Å². The van der Waals surface area contributed by atoms with Crippen LogP contribution in [0.2, 0.25) is 0 Å². The zero-order valence-corrected chi connectivity index (χ0v) is 32.5. The van der Waals surface area contributed by atoms with Crippen molar-refractivity contribution in [2.75, 3.05) is 44.5 Å². The number of fused-ring (bicyclic) bond motifs is 1. The van der Waals surface area contributed by atoms with Gasteiger partial charge in [0.05, 0.1) is 31.0 Å². The van der Waals surface area contributed by atoms with Gasteiger partial charge in [0.2, 0.25) is 11.8 Å². The lowest BCUT2D eigenvalue weighted by Crippen LogP contribution is -2.47. The van der Waals surface area contributed by atoms with E-state index in [0.717, 1.165) is 27.7 Å². The fourth-order valence-electron chi connectivity index (χ4n) is 4.30. The number of benzene rings is 3. The zero-order valence-electron chi connectivity index (χ0n) is 30.8. The second-order valence-corrected chi connectivity index (χ2v) is 12.4. The first-order valence-electron chi connectivity index (χ1n) is 17.2. The number of thioether (sulfide) groups is 2. The van der Waals surface area contributed by atoms with E-state index in [9.17, 15) is 14.4 Å². The largest absolute Gasteiger partial charge is 0.467 e. The molecule has 0 aliphatic heterocycles. The molecule has 0 bridgehead atoms. The minimum absolute atomic E-state index is 0.0687. The van der Waals surface area contributed by atoms with Crippen molar-refractivity contribution in [1.82, 2.24) is 15.5 Å². The van der Waals surface area contributed by atoms with Crippen LogP contribution in [-0.2, 0) is 31.4 Å². The van der Waals surface area contributed by atoms with Gasteiger partial charge in [-0.2, -0.15) is 17.0 Å². The molecule has 0 saturated heterocycles. The van der Waals surface area contributed by atoms with Crippen LogP contribution in [0.25, 0.3) is 10.8 Å². The van der Waals surface area contributed by atoms with Crippen molar-refractivity contribution in [1.29, 1.82) is 5.26 Å². The third-order valence-electron chi connectivity index (χ3n) is 6.91. The average Bonchev–Trinajstić information content (AvgIpc) is 3.15. The molecule has 3 aromatic rings. The van der Waals surface area contributed by atoms with Crippen molar-refractivity contribution in [3.05, 3.63) is 83.4 Å². The van der Waals surface area contributed by atoms with Crippen molar-refractivity contribution < 1.29 is 19.1 Å². The molecule has 0 aliphatic carbocycles. The fraction of sp³-hybridized carbons (Fsp3) is 0.487. The Hall–Kier alpha value is -3.52. The number of amides is 2. The van der Waals surface area contributed by atoms with Gasteiger partial charge < -0.3 is 15.4 Å². The number of nitrogens with zero attached hydrogens (tertiary/aromatic N) is 2. The van der Waals surface area contributed by atoms with Gasteiger partial charge >= 0.3 is 5.97 Å². The van der Waals surface area contributed by atoms with Gasteiger partial charge in [-0.15, -0.1) is 11.8 Å². The molecule has 0 fully saturated rings. The summed E-state index contributed by atoms with van der Waals surface area (Å²) in [6.45, 7) is 13.8. The third kappa shape index (κ3) is 19.3. The van der Waals surface area contributed by atoms with Crippen LogP contribution in [0, 0.1) is 11.3 Å². The van der Waals surface area contributed by atoms with Crippen molar-refractivity contribution >= 4 is 52.1 Å². The number of carbonyl (C=O) groups is 3. The number of esters is 1. The van der Waals surface area contributed by atoms with Gasteiger partial charge in [0.25, 0.3) is 0 Å². The summed E-state index contributed by atoms with van der Waals surface area (Å²) in [5, 5.41) is 16.9. The fourth-order valence-corrected chi connectivity index (χ4v) is 5.59. The summed E-state index contributed by atoms with van der Waals surface area (Å²) in [5.74, 6) is 0.880. The predicted octanol–water partition coefficient (Wildman–Crippen LogP) is 7.83. The number of rotatable bonds is 17. The Bertz CT molecular complexity index is 1370. The minimum atomic E-state index is -0.702. The first-order valence-corrected chi connectivity index (χ1v) is 19.8. The van der Waals surface area contributed by atoms with Gasteiger partial charge in [-0.05, 0) is 52.5 Å². The zero-order chi connectivity index (χ0) is 36.9. The highest BCUT2D eigenvalue weighted by molar-refractivity contribution is 7.99. The van der Waals surface area contributed by atoms with E-state index in [2.05, 4.69) is 48.7 Å². The lowest BCUT2D eigenvalue weighted by atomic mass is 10.0. The van der Waals surface area contributed by atoms with Crippen LogP contribution in [0.3, 0.4) is 0 Å². The van der Waals surface area contributed by atoms with Crippen LogP contribution in [-0.4, -0.2) is 73.2 Å². The number of nitriles is 1. The number of hydrogen-bond acceptors (Lipinski definition) is 8. The van der Waals surface area contributed by atoms with Crippen molar-refractivity contribution in [2.24, 2.45) is 0 Å². The molecule has 3 rings (SSSR count). The van der Waals surface area contributed by atoms with E-state index in [1.165, 1.54) is 31.7 Å². The smallest absolute Gasteiger partial charge is 0.328 e. The van der Waals surface area contributed by atoms with Gasteiger partial charge in [-0.1, -0.05) is 109 Å². The Morgan fingerprint density at radius 1 is 0.918 bits per heavy atom. The molecule has 2 amide bonds. The van der Waals surface area contributed by atoms with Crippen molar-refractivity contribution in [3.63, 3.8) is 0 Å². The van der Waals surface area contributed by atoms with E-state index in [-0.39, 0.29) is 18.4 Å². The Labute approximate surface area is 304 Å². The van der Waals surface area contributed by atoms with Gasteiger partial charge in [0.15, 0.2) is 0 Å². The summed E-state index contributed by atoms with van der Waals surface area (Å²) in [7, 11) is 1.32. The maximum Gasteiger partial charge on any atom is 0.328 e. The Morgan fingerprint density at radius 3 is 2.18 bits per heavy atom. The molecule has 2 N–H and O–H groups in total. The Morgan fingerprint density at radius 2 is 1.57 bits per heavy atom. The van der Waals surface area contributed by atoms with E-state index >= 15 is 0 Å². The highest BCUT2D eigenvalue weighted by Gasteiger charge is 2.22. The van der Waals surface area contributed by atoms with Gasteiger partial charge in [0, 0.05) is 25.4 Å². The summed E-state index contributed by atoms with van der Waals surface area (Å²) >= 11 is 3.10. The van der Waals surface area contributed by atoms with E-state index < -0.39 is 12.0 Å². The van der Waals surface area contributed by atoms with E-state index in [0.29, 0.717) is 43.1 Å². The van der Waals surface area contributed by atoms with E-state index in [1.807, 2.05) is 75.2 Å². The molecule has 0 saturated carbocycles. The summed E-state index contributed by atoms with van der Waals surface area (Å²) in [6.07, 6.45) is 5.07. The quantitative estimate of drug-likeness (QED) is 0.136. The summed E-state index contributed by atoms with van der Waals surface area (Å²) < 4.78 is 4.88. The van der Waals surface area contributed by atoms with Gasteiger partial charge in [-0.25, -0.2) is 4.79 Å². The number of methoxy groups -OCH3 is 1. The lowest BCUT2D eigenvalue weighted by Gasteiger charge is -2.24. The molecular weight excluding hydrogens is 653 g/mol. The van der Waals surface area contributed by atoms with Crippen LogP contribution < -0.4 is 10.6 Å². The number of nitrogens with one attached hydrogen (secondary N) is 2. The average molecular weight is 711 g/mol. The number of hydrogen-bond donors (Lipinski definition) is 2. The minimum Gasteiger partial charge on any atom is -0.467 e. The molecule has 0 aromatic heterocycles. The predicted molar refractivity (Wildman–Crippen MR) is 210 cm³/mol. The first-order chi connectivity index (χ1) is 23.8. The maximum absolute atomic E-state index is 13.0. The Kier molecular flexibility index (Phi) is 27.3. The topological polar surface area (TPSA) is 112 Å². The monoisotopic (exact) mass is 710 g/mol. The highest BCUT2D eigenvalue weighted by Crippen LogP contribution is 2.20. The van der Waals surface area contributed by atoms with Gasteiger partial charge in [-0.3, -0.25) is 14.5 Å².